The molecule has 1 heterocycles. The van der Waals surface area contributed by atoms with Crippen molar-refractivity contribution in [1.82, 2.24) is 20.0 Å². The molecule has 1 amide bonds. The average Bonchev–Trinajstić information content (AvgIpc) is 3.05. The molecular formula is C20H24N4O3S. The molecule has 8 heteroatoms. The van der Waals surface area contributed by atoms with Crippen LogP contribution >= 0.6 is 0 Å². The number of benzene rings is 2. The van der Waals surface area contributed by atoms with Crippen molar-refractivity contribution in [3.63, 3.8) is 0 Å². The van der Waals surface area contributed by atoms with Crippen LogP contribution in [0.4, 0.5) is 0 Å². The molecule has 0 radical (unpaired) electrons. The van der Waals surface area contributed by atoms with Gasteiger partial charge in [-0.25, -0.2) is 18.1 Å². The highest BCUT2D eigenvalue weighted by atomic mass is 32.2. The van der Waals surface area contributed by atoms with Gasteiger partial charge in [-0.3, -0.25) is 4.79 Å². The van der Waals surface area contributed by atoms with Gasteiger partial charge in [0.25, 0.3) is 0 Å². The predicted octanol–water partition coefficient (Wildman–Crippen LogP) is 2.73. The highest BCUT2D eigenvalue weighted by Crippen LogP contribution is 2.17. The van der Waals surface area contributed by atoms with Crippen LogP contribution in [-0.2, 0) is 14.8 Å². The van der Waals surface area contributed by atoms with Gasteiger partial charge in [0.15, 0.2) is 0 Å². The molecule has 0 aliphatic carbocycles. The fourth-order valence-electron chi connectivity index (χ4n) is 3.04. The number of carbonyl (C=O) groups excluding carboxylic acids is 1. The van der Waals surface area contributed by atoms with E-state index in [0.29, 0.717) is 11.4 Å². The van der Waals surface area contributed by atoms with Crippen LogP contribution < -0.4 is 10.0 Å². The second-order valence-corrected chi connectivity index (χ2v) is 8.58. The first kappa shape index (κ1) is 20.0. The Morgan fingerprint density at radius 3 is 2.64 bits per heavy atom. The molecule has 0 unspecified atom stereocenters. The van der Waals surface area contributed by atoms with E-state index in [4.69, 9.17) is 0 Å². The maximum absolute atomic E-state index is 12.4. The minimum Gasteiger partial charge on any atom is -0.346 e. The van der Waals surface area contributed by atoms with E-state index in [9.17, 15) is 13.2 Å². The molecule has 1 aromatic heterocycles. The highest BCUT2D eigenvalue weighted by Gasteiger charge is 2.18. The molecule has 0 spiro atoms. The molecule has 0 saturated carbocycles. The summed E-state index contributed by atoms with van der Waals surface area (Å²) in [6.07, 6.45) is 0.0364. The Hall–Kier alpha value is -2.71. The number of H-pyrrole nitrogens is 1. The van der Waals surface area contributed by atoms with Gasteiger partial charge in [0.05, 0.1) is 22.0 Å². The molecule has 2 aromatic carbocycles. The third-order valence-corrected chi connectivity index (χ3v) is 6.08. The summed E-state index contributed by atoms with van der Waals surface area (Å²) in [5.74, 6) is 0.404. The molecule has 0 aliphatic heterocycles. The normalized spacial score (nSPS) is 12.8. The maximum atomic E-state index is 12.4. The first-order valence-electron chi connectivity index (χ1n) is 9.07. The molecule has 28 heavy (non-hydrogen) atoms. The minimum atomic E-state index is -3.65. The number of imidazole rings is 1. The Labute approximate surface area is 164 Å². The molecule has 0 fully saturated rings. The Morgan fingerprint density at radius 1 is 1.18 bits per heavy atom. The Balaban J connectivity index is 1.55. The SMILES string of the molecule is Cc1ccc(S(=O)(=O)NCCC(=O)N[C@H](C)c2nc3ccccc3[nH]2)c(C)c1. The van der Waals surface area contributed by atoms with Crippen LogP contribution in [0.5, 0.6) is 0 Å². The van der Waals surface area contributed by atoms with Gasteiger partial charge >= 0.3 is 0 Å². The molecule has 3 N–H and O–H groups in total. The quantitative estimate of drug-likeness (QED) is 0.567. The number of carbonyl (C=O) groups is 1. The van der Waals surface area contributed by atoms with Gasteiger partial charge in [0.2, 0.25) is 15.9 Å². The second-order valence-electron chi connectivity index (χ2n) is 6.85. The van der Waals surface area contributed by atoms with Gasteiger partial charge in [0.1, 0.15) is 5.82 Å². The lowest BCUT2D eigenvalue weighted by Gasteiger charge is -2.12. The number of aromatic amines is 1. The van der Waals surface area contributed by atoms with Gasteiger partial charge in [-0.2, -0.15) is 0 Å². The topological polar surface area (TPSA) is 104 Å². The predicted molar refractivity (Wildman–Crippen MR) is 108 cm³/mol. The van der Waals surface area contributed by atoms with Crippen molar-refractivity contribution in [3.05, 3.63) is 59.4 Å². The molecule has 3 aromatic rings. The smallest absolute Gasteiger partial charge is 0.240 e. The molecule has 3 rings (SSSR count). The number of hydrogen-bond donors (Lipinski definition) is 3. The van der Waals surface area contributed by atoms with Crippen molar-refractivity contribution < 1.29 is 13.2 Å². The van der Waals surface area contributed by atoms with Crippen molar-refractivity contribution >= 4 is 27.0 Å². The van der Waals surface area contributed by atoms with E-state index in [1.165, 1.54) is 0 Å². The lowest BCUT2D eigenvalue weighted by atomic mass is 10.2. The van der Waals surface area contributed by atoms with Crippen molar-refractivity contribution in [2.75, 3.05) is 6.54 Å². The first-order chi connectivity index (χ1) is 13.3. The Kier molecular flexibility index (Phi) is 5.81. The third kappa shape index (κ3) is 4.58. The fourth-order valence-corrected chi connectivity index (χ4v) is 4.29. The van der Waals surface area contributed by atoms with Crippen molar-refractivity contribution in [2.24, 2.45) is 0 Å². The summed E-state index contributed by atoms with van der Waals surface area (Å²) in [5.41, 5.74) is 3.41. The van der Waals surface area contributed by atoms with Crippen LogP contribution in [-0.4, -0.2) is 30.8 Å². The van der Waals surface area contributed by atoms with Crippen LogP contribution in [0.1, 0.15) is 36.3 Å². The second kappa shape index (κ2) is 8.12. The van der Waals surface area contributed by atoms with E-state index in [0.717, 1.165) is 16.6 Å². The molecular weight excluding hydrogens is 376 g/mol. The average molecular weight is 401 g/mol. The molecule has 0 saturated heterocycles. The molecule has 1 atom stereocenters. The first-order valence-corrected chi connectivity index (χ1v) is 10.6. The number of para-hydroxylation sites is 2. The van der Waals surface area contributed by atoms with Crippen LogP contribution in [0.15, 0.2) is 47.4 Å². The van der Waals surface area contributed by atoms with Crippen molar-refractivity contribution in [1.29, 1.82) is 0 Å². The number of amides is 1. The number of fused-ring (bicyclic) bond motifs is 1. The van der Waals surface area contributed by atoms with Crippen molar-refractivity contribution in [3.8, 4) is 0 Å². The lowest BCUT2D eigenvalue weighted by Crippen LogP contribution is -2.32. The summed E-state index contributed by atoms with van der Waals surface area (Å²) in [4.78, 5) is 20.1. The van der Waals surface area contributed by atoms with Crippen LogP contribution in [0, 0.1) is 13.8 Å². The monoisotopic (exact) mass is 400 g/mol. The van der Waals surface area contributed by atoms with Crippen LogP contribution in [0.2, 0.25) is 0 Å². The zero-order chi connectivity index (χ0) is 20.3. The molecule has 148 valence electrons. The fraction of sp³-hybridized carbons (Fsp3) is 0.300. The van der Waals surface area contributed by atoms with E-state index >= 15 is 0 Å². The van der Waals surface area contributed by atoms with Gasteiger partial charge in [-0.05, 0) is 44.5 Å². The Morgan fingerprint density at radius 2 is 1.93 bits per heavy atom. The number of nitrogens with one attached hydrogen (secondary N) is 3. The van der Waals surface area contributed by atoms with Gasteiger partial charge in [-0.1, -0.05) is 29.8 Å². The number of hydrogen-bond acceptors (Lipinski definition) is 4. The largest absolute Gasteiger partial charge is 0.346 e. The lowest BCUT2D eigenvalue weighted by molar-refractivity contribution is -0.121. The van der Waals surface area contributed by atoms with E-state index < -0.39 is 10.0 Å². The van der Waals surface area contributed by atoms with Crippen molar-refractivity contribution in [2.45, 2.75) is 38.1 Å². The molecule has 7 nitrogen and oxygen atoms in total. The number of aromatic nitrogens is 2. The standard InChI is InChI=1S/C20H24N4O3S/c1-13-8-9-18(14(2)12-13)28(26,27)21-11-10-19(25)22-15(3)20-23-16-6-4-5-7-17(16)24-20/h4-9,12,15,21H,10-11H2,1-3H3,(H,22,25)(H,23,24)/t15-/m1/s1. The number of aryl methyl sites for hydroxylation is 2. The Bertz CT molecular complexity index is 1070. The van der Waals surface area contributed by atoms with E-state index in [1.807, 2.05) is 44.2 Å². The zero-order valence-corrected chi connectivity index (χ0v) is 16.9. The third-order valence-electron chi connectivity index (χ3n) is 4.46. The van der Waals surface area contributed by atoms with E-state index in [2.05, 4.69) is 20.0 Å². The van der Waals surface area contributed by atoms with Gasteiger partial charge < -0.3 is 10.3 Å². The van der Waals surface area contributed by atoms with Gasteiger partial charge in [-0.15, -0.1) is 0 Å². The summed E-state index contributed by atoms with van der Waals surface area (Å²) in [7, 11) is -3.65. The number of sulfonamides is 1. The van der Waals surface area contributed by atoms with Gasteiger partial charge in [0, 0.05) is 13.0 Å². The summed E-state index contributed by atoms with van der Waals surface area (Å²) < 4.78 is 27.4. The number of nitrogens with zero attached hydrogens (tertiary/aromatic N) is 1. The molecule has 0 aliphatic rings. The zero-order valence-electron chi connectivity index (χ0n) is 16.1. The van der Waals surface area contributed by atoms with Crippen LogP contribution in [0.3, 0.4) is 0 Å². The summed E-state index contributed by atoms with van der Waals surface area (Å²) in [5, 5.41) is 2.83. The van der Waals surface area contributed by atoms with E-state index in [-0.39, 0.29) is 29.8 Å². The minimum absolute atomic E-state index is 0.0222. The highest BCUT2D eigenvalue weighted by molar-refractivity contribution is 7.89. The van der Waals surface area contributed by atoms with E-state index in [1.54, 1.807) is 19.1 Å². The summed E-state index contributed by atoms with van der Waals surface area (Å²) >= 11 is 0. The number of rotatable bonds is 7. The molecule has 0 bridgehead atoms. The summed E-state index contributed by atoms with van der Waals surface area (Å²) in [6, 6.07) is 12.5. The maximum Gasteiger partial charge on any atom is 0.240 e. The van der Waals surface area contributed by atoms with Crippen LogP contribution in [0.25, 0.3) is 11.0 Å². The summed E-state index contributed by atoms with van der Waals surface area (Å²) in [6.45, 7) is 5.51.